The van der Waals surface area contributed by atoms with E-state index in [1.54, 1.807) is 24.3 Å². The molecule has 0 bridgehead atoms. The van der Waals surface area contributed by atoms with E-state index >= 15 is 0 Å². The van der Waals surface area contributed by atoms with E-state index in [1.165, 1.54) is 7.11 Å². The number of ether oxygens (including phenoxy) is 2. The number of hydrogen-bond donors (Lipinski definition) is 0. The van der Waals surface area contributed by atoms with E-state index in [1.807, 2.05) is 0 Å². The second kappa shape index (κ2) is 6.26. The summed E-state index contributed by atoms with van der Waals surface area (Å²) in [7, 11) is 1.50. The predicted molar refractivity (Wildman–Crippen MR) is 61.5 cm³/mol. The fourth-order valence-corrected chi connectivity index (χ4v) is 1.83. The molecule has 0 radical (unpaired) electrons. The molecule has 2 nitrogen and oxygen atoms in total. The van der Waals surface area contributed by atoms with Crippen LogP contribution >= 0.6 is 15.9 Å². The maximum atomic E-state index is 12.0. The van der Waals surface area contributed by atoms with Gasteiger partial charge in [0, 0.05) is 5.33 Å². The summed E-state index contributed by atoms with van der Waals surface area (Å²) >= 11 is 3.13. The van der Waals surface area contributed by atoms with Gasteiger partial charge in [0.25, 0.3) is 0 Å². The summed E-state index contributed by atoms with van der Waals surface area (Å²) in [5.41, 5.74) is 0.644. The molecule has 1 aromatic carbocycles. The average molecular weight is 313 g/mol. The lowest BCUT2D eigenvalue weighted by Crippen LogP contribution is -2.20. The predicted octanol–water partition coefficient (Wildman–Crippen LogP) is 3.71. The van der Waals surface area contributed by atoms with Crippen molar-refractivity contribution >= 4 is 15.9 Å². The SMILES string of the molecule is COc1cccc(C(CBr)OCC(F)(F)F)c1. The van der Waals surface area contributed by atoms with Gasteiger partial charge >= 0.3 is 6.18 Å². The molecule has 0 aliphatic heterocycles. The Hall–Kier alpha value is -0.750. The summed E-state index contributed by atoms with van der Waals surface area (Å²) in [5.74, 6) is 0.587. The molecule has 0 N–H and O–H groups in total. The molecule has 0 heterocycles. The third-order valence-electron chi connectivity index (χ3n) is 2.05. The molecule has 0 aliphatic carbocycles. The zero-order valence-electron chi connectivity index (χ0n) is 9.13. The molecule has 1 unspecified atom stereocenters. The largest absolute Gasteiger partial charge is 0.497 e. The number of halogens is 4. The maximum Gasteiger partial charge on any atom is 0.411 e. The van der Waals surface area contributed by atoms with Crippen molar-refractivity contribution in [1.29, 1.82) is 0 Å². The highest BCUT2D eigenvalue weighted by Gasteiger charge is 2.29. The van der Waals surface area contributed by atoms with Gasteiger partial charge < -0.3 is 9.47 Å². The van der Waals surface area contributed by atoms with Crippen LogP contribution in [0.1, 0.15) is 11.7 Å². The van der Waals surface area contributed by atoms with E-state index in [4.69, 9.17) is 9.47 Å². The van der Waals surface area contributed by atoms with E-state index in [9.17, 15) is 13.2 Å². The van der Waals surface area contributed by atoms with Gasteiger partial charge in [-0.25, -0.2) is 0 Å². The van der Waals surface area contributed by atoms with Crippen LogP contribution < -0.4 is 4.74 Å². The zero-order valence-corrected chi connectivity index (χ0v) is 10.7. The lowest BCUT2D eigenvalue weighted by molar-refractivity contribution is -0.183. The van der Waals surface area contributed by atoms with E-state index in [-0.39, 0.29) is 5.33 Å². The lowest BCUT2D eigenvalue weighted by Gasteiger charge is -2.17. The quantitative estimate of drug-likeness (QED) is 0.772. The summed E-state index contributed by atoms with van der Waals surface area (Å²) < 4.78 is 46.0. The Bertz CT molecular complexity index is 355. The Morgan fingerprint density at radius 1 is 1.35 bits per heavy atom. The lowest BCUT2D eigenvalue weighted by atomic mass is 10.1. The number of rotatable bonds is 5. The highest BCUT2D eigenvalue weighted by atomic mass is 79.9. The molecule has 0 spiro atoms. The molecule has 0 fully saturated rings. The van der Waals surface area contributed by atoms with Gasteiger partial charge in [0.1, 0.15) is 12.4 Å². The first kappa shape index (κ1) is 14.3. The van der Waals surface area contributed by atoms with Crippen LogP contribution in [0.4, 0.5) is 13.2 Å². The molecule has 0 amide bonds. The normalized spacial score (nSPS) is 13.5. The van der Waals surface area contributed by atoms with Gasteiger partial charge in [-0.3, -0.25) is 0 Å². The monoisotopic (exact) mass is 312 g/mol. The highest BCUT2D eigenvalue weighted by Crippen LogP contribution is 2.26. The van der Waals surface area contributed by atoms with Gasteiger partial charge in [0.2, 0.25) is 0 Å². The van der Waals surface area contributed by atoms with Crippen LogP contribution in [0.3, 0.4) is 0 Å². The standard InChI is InChI=1S/C11H12BrF3O2/c1-16-9-4-2-3-8(5-9)10(6-12)17-7-11(13,14)15/h2-5,10H,6-7H2,1H3. The van der Waals surface area contributed by atoms with Gasteiger partial charge in [0.05, 0.1) is 13.2 Å². The third-order valence-corrected chi connectivity index (χ3v) is 2.64. The molecule has 96 valence electrons. The Kier molecular flexibility index (Phi) is 5.27. The van der Waals surface area contributed by atoms with E-state index in [0.717, 1.165) is 0 Å². The second-order valence-electron chi connectivity index (χ2n) is 3.35. The molecule has 6 heteroatoms. The smallest absolute Gasteiger partial charge is 0.411 e. The van der Waals surface area contributed by atoms with Crippen molar-refractivity contribution in [2.24, 2.45) is 0 Å². The van der Waals surface area contributed by atoms with Crippen LogP contribution in [0.5, 0.6) is 5.75 Å². The van der Waals surface area contributed by atoms with Gasteiger partial charge in [-0.2, -0.15) is 13.2 Å². The Balaban J connectivity index is 2.72. The van der Waals surface area contributed by atoms with Crippen molar-refractivity contribution in [3.63, 3.8) is 0 Å². The minimum Gasteiger partial charge on any atom is -0.497 e. The van der Waals surface area contributed by atoms with Crippen molar-refractivity contribution in [3.05, 3.63) is 29.8 Å². The number of hydrogen-bond acceptors (Lipinski definition) is 2. The summed E-state index contributed by atoms with van der Waals surface area (Å²) in [4.78, 5) is 0. The fourth-order valence-electron chi connectivity index (χ4n) is 1.27. The maximum absolute atomic E-state index is 12.0. The van der Waals surface area contributed by atoms with E-state index in [0.29, 0.717) is 11.3 Å². The van der Waals surface area contributed by atoms with Crippen LogP contribution in [0.15, 0.2) is 24.3 Å². The van der Waals surface area contributed by atoms with Gasteiger partial charge in [-0.05, 0) is 17.7 Å². The molecule has 0 aromatic heterocycles. The first-order chi connectivity index (χ1) is 7.96. The van der Waals surface area contributed by atoms with E-state index in [2.05, 4.69) is 15.9 Å². The first-order valence-electron chi connectivity index (χ1n) is 4.84. The first-order valence-corrected chi connectivity index (χ1v) is 5.96. The van der Waals surface area contributed by atoms with Crippen LogP contribution in [0.2, 0.25) is 0 Å². The molecule has 0 saturated heterocycles. The molecule has 1 aromatic rings. The highest BCUT2D eigenvalue weighted by molar-refractivity contribution is 9.09. The van der Waals surface area contributed by atoms with Crippen molar-refractivity contribution in [2.45, 2.75) is 12.3 Å². The molecule has 0 aliphatic rings. The van der Waals surface area contributed by atoms with Crippen LogP contribution in [-0.4, -0.2) is 25.2 Å². The van der Waals surface area contributed by atoms with Crippen molar-refractivity contribution in [3.8, 4) is 5.75 Å². The summed E-state index contributed by atoms with van der Waals surface area (Å²) in [6, 6.07) is 6.78. The van der Waals surface area contributed by atoms with Crippen LogP contribution in [-0.2, 0) is 4.74 Å². The van der Waals surface area contributed by atoms with Crippen LogP contribution in [0, 0.1) is 0 Å². The molecule has 17 heavy (non-hydrogen) atoms. The third kappa shape index (κ3) is 4.95. The van der Waals surface area contributed by atoms with Gasteiger partial charge in [0.15, 0.2) is 0 Å². The summed E-state index contributed by atoms with van der Waals surface area (Å²) in [5, 5.41) is 0.288. The van der Waals surface area contributed by atoms with Crippen molar-refractivity contribution < 1.29 is 22.6 Å². The molecular weight excluding hydrogens is 301 g/mol. The second-order valence-corrected chi connectivity index (χ2v) is 3.99. The Labute approximate surface area is 106 Å². The molecular formula is C11H12BrF3O2. The molecule has 1 atom stereocenters. The summed E-state index contributed by atoms with van der Waals surface area (Å²) in [6.45, 7) is -1.26. The van der Waals surface area contributed by atoms with Crippen LogP contribution in [0.25, 0.3) is 0 Å². The number of benzene rings is 1. The Morgan fingerprint density at radius 3 is 2.59 bits per heavy atom. The topological polar surface area (TPSA) is 18.5 Å². The van der Waals surface area contributed by atoms with E-state index < -0.39 is 18.9 Å². The zero-order chi connectivity index (χ0) is 12.9. The average Bonchev–Trinajstić information content (AvgIpc) is 2.29. The van der Waals surface area contributed by atoms with Crippen molar-refractivity contribution in [2.75, 3.05) is 19.0 Å². The molecule has 1 rings (SSSR count). The van der Waals surface area contributed by atoms with Gasteiger partial charge in [-0.1, -0.05) is 28.1 Å². The van der Waals surface area contributed by atoms with Gasteiger partial charge in [-0.15, -0.1) is 0 Å². The number of alkyl halides is 4. The van der Waals surface area contributed by atoms with Crippen molar-refractivity contribution in [1.82, 2.24) is 0 Å². The minimum absolute atomic E-state index is 0.288. The summed E-state index contributed by atoms with van der Waals surface area (Å²) in [6.07, 6.45) is -4.97. The number of methoxy groups -OCH3 is 1. The fraction of sp³-hybridized carbons (Fsp3) is 0.455. The minimum atomic E-state index is -4.32. The molecule has 0 saturated carbocycles. The Morgan fingerprint density at radius 2 is 2.06 bits per heavy atom.